The number of hydrogen-bond donors (Lipinski definition) is 2. The molecule has 5 nitrogen and oxygen atoms in total. The van der Waals surface area contributed by atoms with Crippen LogP contribution in [-0.4, -0.2) is 39.7 Å². The highest BCUT2D eigenvalue weighted by Gasteiger charge is 2.32. The van der Waals surface area contributed by atoms with Crippen molar-refractivity contribution in [3.63, 3.8) is 0 Å². The Morgan fingerprint density at radius 1 is 1.56 bits per heavy atom. The molecular formula is C13H19N3O2. The van der Waals surface area contributed by atoms with Crippen molar-refractivity contribution < 1.29 is 9.90 Å². The number of carbonyl (C=O) groups excluding carboxylic acids is 1. The van der Waals surface area contributed by atoms with Gasteiger partial charge in [0.2, 0.25) is 0 Å². The van der Waals surface area contributed by atoms with Crippen LogP contribution in [0.5, 0.6) is 0 Å². The summed E-state index contributed by atoms with van der Waals surface area (Å²) < 4.78 is 0. The molecule has 0 aliphatic carbocycles. The van der Waals surface area contributed by atoms with Gasteiger partial charge in [0, 0.05) is 19.3 Å². The van der Waals surface area contributed by atoms with Crippen molar-refractivity contribution in [1.82, 2.24) is 9.88 Å². The van der Waals surface area contributed by atoms with Gasteiger partial charge in [-0.15, -0.1) is 0 Å². The third-order valence-corrected chi connectivity index (χ3v) is 3.55. The van der Waals surface area contributed by atoms with Crippen LogP contribution in [-0.2, 0) is 0 Å². The quantitative estimate of drug-likeness (QED) is 0.840. The zero-order valence-corrected chi connectivity index (χ0v) is 10.6. The molecule has 0 spiro atoms. The number of rotatable bonds is 2. The van der Waals surface area contributed by atoms with Crippen molar-refractivity contribution in [2.45, 2.75) is 31.8 Å². The van der Waals surface area contributed by atoms with Crippen molar-refractivity contribution in [3.8, 4) is 0 Å². The van der Waals surface area contributed by atoms with E-state index in [9.17, 15) is 9.90 Å². The fourth-order valence-electron chi connectivity index (χ4n) is 2.12. The van der Waals surface area contributed by atoms with Gasteiger partial charge >= 0.3 is 6.03 Å². The second-order valence-corrected chi connectivity index (χ2v) is 4.74. The highest BCUT2D eigenvalue weighted by molar-refractivity contribution is 5.89. The van der Waals surface area contributed by atoms with Crippen LogP contribution in [0.4, 0.5) is 10.5 Å². The number of aliphatic hydroxyl groups is 1. The van der Waals surface area contributed by atoms with Gasteiger partial charge in [-0.2, -0.15) is 0 Å². The van der Waals surface area contributed by atoms with E-state index < -0.39 is 5.60 Å². The van der Waals surface area contributed by atoms with Crippen LogP contribution in [0.3, 0.4) is 0 Å². The largest absolute Gasteiger partial charge is 0.390 e. The lowest BCUT2D eigenvalue weighted by atomic mass is 9.89. The Labute approximate surface area is 107 Å². The molecule has 0 saturated carbocycles. The Kier molecular flexibility index (Phi) is 3.81. The summed E-state index contributed by atoms with van der Waals surface area (Å²) in [5.41, 5.74) is 0.101. The lowest BCUT2D eigenvalue weighted by Crippen LogP contribution is -2.47. The fraction of sp³-hybridized carbons (Fsp3) is 0.538. The second-order valence-electron chi connectivity index (χ2n) is 4.74. The van der Waals surface area contributed by atoms with E-state index in [-0.39, 0.29) is 6.03 Å². The van der Waals surface area contributed by atoms with E-state index >= 15 is 0 Å². The van der Waals surface area contributed by atoms with E-state index in [0.717, 1.165) is 6.42 Å². The fourth-order valence-corrected chi connectivity index (χ4v) is 2.12. The average Bonchev–Trinajstić information content (AvgIpc) is 2.40. The van der Waals surface area contributed by atoms with Crippen LogP contribution in [0.2, 0.25) is 0 Å². The highest BCUT2D eigenvalue weighted by Crippen LogP contribution is 2.25. The van der Waals surface area contributed by atoms with Gasteiger partial charge in [-0.1, -0.05) is 6.92 Å². The van der Waals surface area contributed by atoms with Gasteiger partial charge in [-0.25, -0.2) is 4.79 Å². The Hall–Kier alpha value is -1.62. The molecule has 98 valence electrons. The SMILES string of the molecule is CCC1(O)CCN(C(=O)Nc2cccnc2)CC1. The number of pyridine rings is 1. The maximum Gasteiger partial charge on any atom is 0.321 e. The number of nitrogens with zero attached hydrogens (tertiary/aromatic N) is 2. The van der Waals surface area contributed by atoms with Gasteiger partial charge in [0.1, 0.15) is 0 Å². The predicted octanol–water partition coefficient (Wildman–Crippen LogP) is 1.85. The summed E-state index contributed by atoms with van der Waals surface area (Å²) in [6.45, 7) is 3.16. The second kappa shape index (κ2) is 5.35. The Morgan fingerprint density at radius 2 is 2.28 bits per heavy atom. The minimum atomic E-state index is -0.592. The van der Waals surface area contributed by atoms with Crippen LogP contribution < -0.4 is 5.32 Å². The van der Waals surface area contributed by atoms with Gasteiger partial charge in [0.15, 0.2) is 0 Å². The molecule has 5 heteroatoms. The summed E-state index contributed by atoms with van der Waals surface area (Å²) in [5.74, 6) is 0. The first-order valence-electron chi connectivity index (χ1n) is 6.31. The maximum absolute atomic E-state index is 12.0. The van der Waals surface area contributed by atoms with Gasteiger partial charge in [-0.3, -0.25) is 4.98 Å². The van der Waals surface area contributed by atoms with E-state index in [2.05, 4.69) is 10.3 Å². The number of nitrogens with one attached hydrogen (secondary N) is 1. The number of hydrogen-bond acceptors (Lipinski definition) is 3. The number of amides is 2. The average molecular weight is 249 g/mol. The molecule has 1 aromatic rings. The number of carbonyl (C=O) groups is 1. The first kappa shape index (κ1) is 12.8. The molecule has 2 N–H and O–H groups in total. The topological polar surface area (TPSA) is 65.5 Å². The van der Waals surface area contributed by atoms with Gasteiger partial charge < -0.3 is 15.3 Å². The van der Waals surface area contributed by atoms with Gasteiger partial charge in [0.05, 0.1) is 17.5 Å². The maximum atomic E-state index is 12.0. The van der Waals surface area contributed by atoms with Crippen molar-refractivity contribution in [2.24, 2.45) is 0 Å². The molecule has 1 aliphatic rings. The van der Waals surface area contributed by atoms with Crippen molar-refractivity contribution in [2.75, 3.05) is 18.4 Å². The zero-order chi connectivity index (χ0) is 13.0. The lowest BCUT2D eigenvalue weighted by Gasteiger charge is -2.37. The first-order chi connectivity index (χ1) is 8.63. The molecule has 1 fully saturated rings. The Bertz CT molecular complexity index is 400. The van der Waals surface area contributed by atoms with Crippen molar-refractivity contribution in [1.29, 1.82) is 0 Å². The van der Waals surface area contributed by atoms with Crippen LogP contribution in [0.25, 0.3) is 0 Å². The Morgan fingerprint density at radius 3 is 2.83 bits per heavy atom. The lowest BCUT2D eigenvalue weighted by molar-refractivity contribution is -0.0139. The van der Waals surface area contributed by atoms with Crippen LogP contribution >= 0.6 is 0 Å². The summed E-state index contributed by atoms with van der Waals surface area (Å²) in [6, 6.07) is 3.46. The third-order valence-electron chi connectivity index (χ3n) is 3.55. The summed E-state index contributed by atoms with van der Waals surface area (Å²) in [4.78, 5) is 17.7. The minimum Gasteiger partial charge on any atom is -0.390 e. The van der Waals surface area contributed by atoms with Crippen LogP contribution in [0.15, 0.2) is 24.5 Å². The van der Waals surface area contributed by atoms with E-state index in [1.165, 1.54) is 0 Å². The number of aromatic nitrogens is 1. The van der Waals surface area contributed by atoms with E-state index in [0.29, 0.717) is 31.6 Å². The molecule has 2 amide bonds. The minimum absolute atomic E-state index is 0.124. The normalized spacial score (nSPS) is 18.4. The van der Waals surface area contributed by atoms with Crippen molar-refractivity contribution >= 4 is 11.7 Å². The van der Waals surface area contributed by atoms with Crippen LogP contribution in [0.1, 0.15) is 26.2 Å². The van der Waals surface area contributed by atoms with E-state index in [4.69, 9.17) is 0 Å². The third kappa shape index (κ3) is 2.98. The number of likely N-dealkylation sites (tertiary alicyclic amines) is 1. The van der Waals surface area contributed by atoms with Crippen molar-refractivity contribution in [3.05, 3.63) is 24.5 Å². The smallest absolute Gasteiger partial charge is 0.321 e. The number of urea groups is 1. The summed E-state index contributed by atoms with van der Waals surface area (Å²) in [5, 5.41) is 12.9. The monoisotopic (exact) mass is 249 g/mol. The van der Waals surface area contributed by atoms with Crippen LogP contribution in [0, 0.1) is 0 Å². The molecule has 2 heterocycles. The molecule has 0 radical (unpaired) electrons. The molecule has 2 rings (SSSR count). The summed E-state index contributed by atoms with van der Waals surface area (Å²) in [7, 11) is 0. The summed E-state index contributed by atoms with van der Waals surface area (Å²) in [6.07, 6.45) is 5.31. The molecule has 0 aromatic carbocycles. The molecule has 0 atom stereocenters. The molecular weight excluding hydrogens is 230 g/mol. The first-order valence-corrected chi connectivity index (χ1v) is 6.31. The number of piperidine rings is 1. The van der Waals surface area contributed by atoms with Gasteiger partial charge in [-0.05, 0) is 31.4 Å². The molecule has 1 aliphatic heterocycles. The molecule has 0 unspecified atom stereocenters. The predicted molar refractivity (Wildman–Crippen MR) is 69.3 cm³/mol. The zero-order valence-electron chi connectivity index (χ0n) is 10.6. The van der Waals surface area contributed by atoms with E-state index in [1.807, 2.05) is 6.92 Å². The molecule has 18 heavy (non-hydrogen) atoms. The summed E-state index contributed by atoms with van der Waals surface area (Å²) >= 11 is 0. The standard InChI is InChI=1S/C13H19N3O2/c1-2-13(18)5-8-16(9-6-13)12(17)15-11-4-3-7-14-10-11/h3-4,7,10,18H,2,5-6,8-9H2,1H3,(H,15,17). The molecule has 1 saturated heterocycles. The number of anilines is 1. The Balaban J connectivity index is 1.88. The molecule has 1 aromatic heterocycles. The molecule has 0 bridgehead atoms. The highest BCUT2D eigenvalue weighted by atomic mass is 16.3. The van der Waals surface area contributed by atoms with E-state index in [1.54, 1.807) is 29.4 Å². The van der Waals surface area contributed by atoms with Gasteiger partial charge in [0.25, 0.3) is 0 Å².